The summed E-state index contributed by atoms with van der Waals surface area (Å²) in [5.41, 5.74) is 1.90. The number of aliphatic hydroxyl groups excluding tert-OH is 1. The van der Waals surface area contributed by atoms with E-state index >= 15 is 0 Å². The zero-order valence-corrected chi connectivity index (χ0v) is 15.2. The quantitative estimate of drug-likeness (QED) is 0.487. The molecule has 0 heterocycles. The van der Waals surface area contributed by atoms with Gasteiger partial charge in [0.25, 0.3) is 0 Å². The van der Waals surface area contributed by atoms with Crippen molar-refractivity contribution in [3.63, 3.8) is 0 Å². The average molecular weight is 324 g/mol. The predicted octanol–water partition coefficient (Wildman–Crippen LogP) is 4.80. The molecule has 23 heavy (non-hydrogen) atoms. The second-order valence-corrected chi connectivity index (χ2v) is 12.0. The van der Waals surface area contributed by atoms with Crippen molar-refractivity contribution in [3.8, 4) is 0 Å². The predicted molar refractivity (Wildman–Crippen MR) is 98.2 cm³/mol. The van der Waals surface area contributed by atoms with Crippen LogP contribution in [0.25, 0.3) is 0 Å². The Bertz CT molecular complexity index is 697. The van der Waals surface area contributed by atoms with Crippen LogP contribution in [0, 0.1) is 0 Å². The van der Waals surface area contributed by atoms with Gasteiger partial charge in [-0.25, -0.2) is 0 Å². The lowest BCUT2D eigenvalue weighted by Crippen LogP contribution is -2.28. The van der Waals surface area contributed by atoms with Gasteiger partial charge < -0.3 is 5.11 Å². The van der Waals surface area contributed by atoms with Crippen LogP contribution in [0.2, 0.25) is 19.6 Å². The molecule has 0 amide bonds. The maximum absolute atomic E-state index is 13.1. The van der Waals surface area contributed by atoms with Crippen LogP contribution in [0.4, 0.5) is 0 Å². The Balaban J connectivity index is 2.56. The number of allylic oxidation sites excluding steroid dienone is 1. The van der Waals surface area contributed by atoms with Crippen LogP contribution in [0.5, 0.6) is 0 Å². The highest BCUT2D eigenvalue weighted by molar-refractivity contribution is 6.83. The van der Waals surface area contributed by atoms with Gasteiger partial charge in [-0.3, -0.25) is 4.79 Å². The number of Topliss-reactive ketones (excluding diaryl/α,β-unsaturated/α-hetero) is 1. The lowest BCUT2D eigenvalue weighted by Gasteiger charge is -2.25. The molecule has 2 rings (SSSR count). The zero-order chi connectivity index (χ0) is 17.0. The summed E-state index contributed by atoms with van der Waals surface area (Å²) in [5.74, 6) is -0.0816. The summed E-state index contributed by atoms with van der Waals surface area (Å²) in [6, 6.07) is 18.6. The third-order valence-electron chi connectivity index (χ3n) is 4.20. The highest BCUT2D eigenvalue weighted by atomic mass is 28.3. The standard InChI is InChI=1S/C20H24O2Si/c1-15(23(2,3)4)18(19(21)16-11-7-5-8-12-16)20(22)17-13-9-6-10-14-17/h5-14,19,21H,1-4H3/b18-15-. The van der Waals surface area contributed by atoms with Crippen LogP contribution < -0.4 is 0 Å². The molecule has 0 fully saturated rings. The molecule has 3 heteroatoms. The summed E-state index contributed by atoms with van der Waals surface area (Å²) in [5, 5.41) is 11.9. The number of ketones is 1. The van der Waals surface area contributed by atoms with E-state index in [1.165, 1.54) is 0 Å². The summed E-state index contributed by atoms with van der Waals surface area (Å²) in [4.78, 5) is 13.1. The van der Waals surface area contributed by atoms with Gasteiger partial charge in [-0.1, -0.05) is 85.5 Å². The molecule has 1 N–H and O–H groups in total. The Morgan fingerprint density at radius 3 is 1.87 bits per heavy atom. The number of carbonyl (C=O) groups is 1. The molecule has 0 aliphatic heterocycles. The van der Waals surface area contributed by atoms with E-state index in [1.807, 2.05) is 55.5 Å². The van der Waals surface area contributed by atoms with Gasteiger partial charge in [-0.2, -0.15) is 0 Å². The summed E-state index contributed by atoms with van der Waals surface area (Å²) < 4.78 is 0. The normalized spacial score (nSPS) is 14.1. The minimum absolute atomic E-state index is 0.0816. The van der Waals surface area contributed by atoms with E-state index in [-0.39, 0.29) is 5.78 Å². The molecule has 0 bridgehead atoms. The van der Waals surface area contributed by atoms with Gasteiger partial charge >= 0.3 is 0 Å². The fourth-order valence-electron chi connectivity index (χ4n) is 2.45. The van der Waals surface area contributed by atoms with E-state index in [1.54, 1.807) is 12.1 Å². The van der Waals surface area contributed by atoms with E-state index in [9.17, 15) is 9.90 Å². The molecule has 0 saturated carbocycles. The van der Waals surface area contributed by atoms with Crippen molar-refractivity contribution in [1.82, 2.24) is 0 Å². The second kappa shape index (κ2) is 7.07. The van der Waals surface area contributed by atoms with Gasteiger partial charge in [0, 0.05) is 11.1 Å². The van der Waals surface area contributed by atoms with Crippen molar-refractivity contribution >= 4 is 13.9 Å². The van der Waals surface area contributed by atoms with Crippen LogP contribution in [-0.2, 0) is 0 Å². The fourth-order valence-corrected chi connectivity index (χ4v) is 3.51. The van der Waals surface area contributed by atoms with Crippen molar-refractivity contribution < 1.29 is 9.90 Å². The summed E-state index contributed by atoms with van der Waals surface area (Å²) in [6.45, 7) is 8.57. The smallest absolute Gasteiger partial charge is 0.191 e. The number of aliphatic hydroxyl groups is 1. The topological polar surface area (TPSA) is 37.3 Å². The summed E-state index contributed by atoms with van der Waals surface area (Å²) in [7, 11) is -1.72. The van der Waals surface area contributed by atoms with Gasteiger partial charge in [0.15, 0.2) is 5.78 Å². The maximum Gasteiger partial charge on any atom is 0.191 e. The number of carbonyl (C=O) groups excluding carboxylic acids is 1. The fraction of sp³-hybridized carbons (Fsp3) is 0.250. The zero-order valence-electron chi connectivity index (χ0n) is 14.2. The Hall–Kier alpha value is -1.97. The first-order valence-corrected chi connectivity index (χ1v) is 11.4. The largest absolute Gasteiger partial charge is 0.384 e. The van der Waals surface area contributed by atoms with Gasteiger partial charge in [-0.05, 0) is 12.5 Å². The van der Waals surface area contributed by atoms with Gasteiger partial charge in [-0.15, -0.1) is 0 Å². The van der Waals surface area contributed by atoms with Crippen molar-refractivity contribution in [1.29, 1.82) is 0 Å². The van der Waals surface area contributed by atoms with Crippen LogP contribution >= 0.6 is 0 Å². The van der Waals surface area contributed by atoms with Crippen molar-refractivity contribution in [2.24, 2.45) is 0 Å². The molecule has 2 aromatic rings. The van der Waals surface area contributed by atoms with E-state index in [2.05, 4.69) is 19.6 Å². The Kier molecular flexibility index (Phi) is 5.34. The number of rotatable bonds is 5. The van der Waals surface area contributed by atoms with E-state index in [4.69, 9.17) is 0 Å². The van der Waals surface area contributed by atoms with Crippen molar-refractivity contribution in [2.45, 2.75) is 32.7 Å². The van der Waals surface area contributed by atoms with Crippen LogP contribution in [0.15, 0.2) is 71.4 Å². The van der Waals surface area contributed by atoms with Gasteiger partial charge in [0.1, 0.15) is 6.10 Å². The molecule has 0 aliphatic rings. The molecule has 0 spiro atoms. The summed E-state index contributed by atoms with van der Waals surface area (Å²) >= 11 is 0. The molecule has 1 unspecified atom stereocenters. The third kappa shape index (κ3) is 4.06. The molecule has 2 aromatic carbocycles. The first-order valence-electron chi connectivity index (χ1n) is 7.86. The monoisotopic (exact) mass is 324 g/mol. The van der Waals surface area contributed by atoms with Crippen molar-refractivity contribution in [2.75, 3.05) is 0 Å². The molecular formula is C20H24O2Si. The van der Waals surface area contributed by atoms with Gasteiger partial charge in [0.2, 0.25) is 0 Å². The Labute approximate surface area is 139 Å². The van der Waals surface area contributed by atoms with E-state index in [0.29, 0.717) is 11.1 Å². The lowest BCUT2D eigenvalue weighted by molar-refractivity contribution is 0.0986. The highest BCUT2D eigenvalue weighted by Crippen LogP contribution is 2.31. The molecule has 0 radical (unpaired) electrons. The Morgan fingerprint density at radius 1 is 0.913 bits per heavy atom. The van der Waals surface area contributed by atoms with E-state index in [0.717, 1.165) is 10.8 Å². The maximum atomic E-state index is 13.1. The van der Waals surface area contributed by atoms with Gasteiger partial charge in [0.05, 0.1) is 8.07 Å². The third-order valence-corrected chi connectivity index (χ3v) is 6.72. The van der Waals surface area contributed by atoms with Crippen LogP contribution in [-0.4, -0.2) is 19.0 Å². The first-order chi connectivity index (χ1) is 10.8. The molecule has 0 saturated heterocycles. The SMILES string of the molecule is C/C(=C(/C(=O)c1ccccc1)C(O)c1ccccc1)[Si](C)(C)C. The average Bonchev–Trinajstić information content (AvgIpc) is 2.55. The summed E-state index contributed by atoms with van der Waals surface area (Å²) in [6.07, 6.45) is -0.893. The molecular weight excluding hydrogens is 300 g/mol. The van der Waals surface area contributed by atoms with Crippen LogP contribution in [0.1, 0.15) is 28.9 Å². The molecule has 0 aromatic heterocycles. The number of hydrogen-bond acceptors (Lipinski definition) is 2. The Morgan fingerprint density at radius 2 is 1.39 bits per heavy atom. The van der Waals surface area contributed by atoms with E-state index < -0.39 is 14.2 Å². The highest BCUT2D eigenvalue weighted by Gasteiger charge is 2.29. The molecule has 120 valence electrons. The molecule has 0 aliphatic carbocycles. The molecule has 1 atom stereocenters. The van der Waals surface area contributed by atoms with Crippen molar-refractivity contribution in [3.05, 3.63) is 82.6 Å². The lowest BCUT2D eigenvalue weighted by atomic mass is 9.94. The number of benzene rings is 2. The minimum atomic E-state index is -1.72. The number of hydrogen-bond donors (Lipinski definition) is 1. The first kappa shape index (κ1) is 17.4. The minimum Gasteiger partial charge on any atom is -0.384 e. The second-order valence-electron chi connectivity index (χ2n) is 6.80. The molecule has 2 nitrogen and oxygen atoms in total. The van der Waals surface area contributed by atoms with Crippen LogP contribution in [0.3, 0.4) is 0 Å².